The Morgan fingerprint density at radius 1 is 0.861 bits per heavy atom. The first-order valence-corrected chi connectivity index (χ1v) is 10.9. The number of aliphatic carboxylic acids is 2. The molecule has 4 amide bonds. The van der Waals surface area contributed by atoms with E-state index in [1.807, 2.05) is 0 Å². The minimum absolute atomic E-state index is 0.107. The van der Waals surface area contributed by atoms with Gasteiger partial charge in [0.2, 0.25) is 23.6 Å². The number of nitrogens with two attached hydrogens (primary N) is 2. The molecule has 0 aromatic heterocycles. The Kier molecular flexibility index (Phi) is 12.0. The number of benzene rings is 1. The van der Waals surface area contributed by atoms with Crippen molar-refractivity contribution in [3.63, 3.8) is 0 Å². The number of carboxylic acids is 2. The van der Waals surface area contributed by atoms with Gasteiger partial charge in [-0.25, -0.2) is 4.79 Å². The Hall–Kier alpha value is -4.04. The lowest BCUT2D eigenvalue weighted by molar-refractivity contribution is -0.143. The fourth-order valence-corrected chi connectivity index (χ4v) is 3.02. The summed E-state index contributed by atoms with van der Waals surface area (Å²) in [5.41, 5.74) is 11.2. The fraction of sp³-hybridized carbons (Fsp3) is 0.455. The Morgan fingerprint density at radius 2 is 1.39 bits per heavy atom. The molecule has 14 heteroatoms. The third-order valence-corrected chi connectivity index (χ3v) is 5.04. The number of amides is 4. The molecule has 0 fully saturated rings. The van der Waals surface area contributed by atoms with Gasteiger partial charge in [0.1, 0.15) is 24.2 Å². The van der Waals surface area contributed by atoms with Crippen molar-refractivity contribution >= 4 is 35.6 Å². The van der Waals surface area contributed by atoms with Gasteiger partial charge in [-0.15, -0.1) is 0 Å². The zero-order valence-corrected chi connectivity index (χ0v) is 19.5. The Balaban J connectivity index is 3.04. The zero-order chi connectivity index (χ0) is 27.4. The van der Waals surface area contributed by atoms with Crippen molar-refractivity contribution in [3.05, 3.63) is 35.9 Å². The molecular weight excluding hydrogens is 478 g/mol. The number of aliphatic hydroxyl groups excluding tert-OH is 1. The highest BCUT2D eigenvalue weighted by Gasteiger charge is 2.32. The van der Waals surface area contributed by atoms with E-state index in [-0.39, 0.29) is 19.3 Å². The Morgan fingerprint density at radius 3 is 1.89 bits per heavy atom. The number of hydrogen-bond donors (Lipinski definition) is 8. The Bertz CT molecular complexity index is 954. The molecule has 0 bridgehead atoms. The second-order valence-electron chi connectivity index (χ2n) is 8.08. The van der Waals surface area contributed by atoms with Gasteiger partial charge in [-0.1, -0.05) is 30.3 Å². The van der Waals surface area contributed by atoms with E-state index in [9.17, 15) is 44.1 Å². The standard InChI is InChI=1S/C22H31N5O9/c1-11(28)18(24)21(34)25-13(7-8-16(23)29)19(32)26-14(10-17(30)31)20(33)27-15(22(35)36)9-12-5-3-2-4-6-12/h2-6,11,13-15,18,28H,7-10,24H2,1H3,(H2,23,29)(H,25,34)(H,26,32)(H,27,33)(H,30,31)(H,35,36). The summed E-state index contributed by atoms with van der Waals surface area (Å²) in [7, 11) is 0. The number of aliphatic hydroxyl groups is 1. The quantitative estimate of drug-likeness (QED) is 0.121. The maximum atomic E-state index is 12.8. The first-order chi connectivity index (χ1) is 16.8. The second kappa shape index (κ2) is 14.4. The summed E-state index contributed by atoms with van der Waals surface area (Å²) in [6.45, 7) is 1.24. The van der Waals surface area contributed by atoms with Gasteiger partial charge in [0, 0.05) is 12.8 Å². The molecule has 0 heterocycles. The maximum Gasteiger partial charge on any atom is 0.326 e. The van der Waals surface area contributed by atoms with Crippen LogP contribution in [0.25, 0.3) is 0 Å². The molecule has 0 aliphatic rings. The van der Waals surface area contributed by atoms with Crippen LogP contribution in [0.2, 0.25) is 0 Å². The number of nitrogens with one attached hydrogen (secondary N) is 3. The number of carboxylic acid groups (broad SMARTS) is 2. The molecule has 1 rings (SSSR count). The van der Waals surface area contributed by atoms with E-state index in [0.29, 0.717) is 5.56 Å². The molecule has 5 unspecified atom stereocenters. The van der Waals surface area contributed by atoms with Crippen molar-refractivity contribution in [2.24, 2.45) is 11.5 Å². The lowest BCUT2D eigenvalue weighted by atomic mass is 10.0. The van der Waals surface area contributed by atoms with Crippen LogP contribution in [0.3, 0.4) is 0 Å². The van der Waals surface area contributed by atoms with Crippen LogP contribution in [0.5, 0.6) is 0 Å². The maximum absolute atomic E-state index is 12.8. The van der Waals surface area contributed by atoms with Crippen LogP contribution in [0, 0.1) is 0 Å². The van der Waals surface area contributed by atoms with E-state index in [1.165, 1.54) is 6.92 Å². The summed E-state index contributed by atoms with van der Waals surface area (Å²) >= 11 is 0. The van der Waals surface area contributed by atoms with Crippen molar-refractivity contribution in [2.75, 3.05) is 0 Å². The van der Waals surface area contributed by atoms with Crippen molar-refractivity contribution < 1.29 is 44.1 Å². The van der Waals surface area contributed by atoms with Gasteiger partial charge in [-0.3, -0.25) is 24.0 Å². The van der Waals surface area contributed by atoms with Gasteiger partial charge in [-0.2, -0.15) is 0 Å². The van der Waals surface area contributed by atoms with Crippen LogP contribution in [-0.4, -0.2) is 81.2 Å². The first-order valence-electron chi connectivity index (χ1n) is 10.9. The second-order valence-corrected chi connectivity index (χ2v) is 8.08. The molecule has 1 aromatic carbocycles. The summed E-state index contributed by atoms with van der Waals surface area (Å²) < 4.78 is 0. The smallest absolute Gasteiger partial charge is 0.326 e. The largest absolute Gasteiger partial charge is 0.481 e. The molecule has 0 saturated heterocycles. The third kappa shape index (κ3) is 10.5. The highest BCUT2D eigenvalue weighted by Crippen LogP contribution is 2.06. The topological polar surface area (TPSA) is 251 Å². The van der Waals surface area contributed by atoms with Gasteiger partial charge in [0.25, 0.3) is 0 Å². The van der Waals surface area contributed by atoms with Crippen LogP contribution in [0.4, 0.5) is 0 Å². The Labute approximate surface area is 206 Å². The molecule has 36 heavy (non-hydrogen) atoms. The van der Waals surface area contributed by atoms with Gasteiger partial charge in [-0.05, 0) is 18.9 Å². The van der Waals surface area contributed by atoms with Gasteiger partial charge in [0.15, 0.2) is 0 Å². The normalized spacial score (nSPS) is 14.9. The van der Waals surface area contributed by atoms with Gasteiger partial charge in [0.05, 0.1) is 12.5 Å². The molecule has 5 atom stereocenters. The summed E-state index contributed by atoms with van der Waals surface area (Å²) in [6.07, 6.45) is -2.95. The number of hydrogen-bond acceptors (Lipinski definition) is 8. The number of rotatable bonds is 15. The summed E-state index contributed by atoms with van der Waals surface area (Å²) in [5.74, 6) is -6.73. The first kappa shape index (κ1) is 30.0. The number of carbonyl (C=O) groups excluding carboxylic acids is 4. The number of carbonyl (C=O) groups is 6. The van der Waals surface area contributed by atoms with Crippen LogP contribution in [0.15, 0.2) is 30.3 Å². The average Bonchev–Trinajstić information content (AvgIpc) is 2.80. The van der Waals surface area contributed by atoms with E-state index in [1.54, 1.807) is 30.3 Å². The lowest BCUT2D eigenvalue weighted by Gasteiger charge is -2.25. The van der Waals surface area contributed by atoms with Crippen molar-refractivity contribution in [2.45, 2.75) is 62.9 Å². The van der Waals surface area contributed by atoms with Gasteiger partial charge < -0.3 is 42.7 Å². The van der Waals surface area contributed by atoms with Crippen LogP contribution >= 0.6 is 0 Å². The van der Waals surface area contributed by atoms with E-state index in [2.05, 4.69) is 16.0 Å². The molecule has 10 N–H and O–H groups in total. The highest BCUT2D eigenvalue weighted by atomic mass is 16.4. The molecule has 198 valence electrons. The molecule has 1 aromatic rings. The van der Waals surface area contributed by atoms with Gasteiger partial charge >= 0.3 is 11.9 Å². The summed E-state index contributed by atoms with van der Waals surface area (Å²) in [4.78, 5) is 71.9. The monoisotopic (exact) mass is 509 g/mol. The molecule has 14 nitrogen and oxygen atoms in total. The SMILES string of the molecule is CC(O)C(N)C(=O)NC(CCC(N)=O)C(=O)NC(CC(=O)O)C(=O)NC(Cc1ccccc1)C(=O)O. The van der Waals surface area contributed by atoms with Crippen molar-refractivity contribution in [1.82, 2.24) is 16.0 Å². The zero-order valence-electron chi connectivity index (χ0n) is 19.5. The van der Waals surface area contributed by atoms with Crippen LogP contribution in [0.1, 0.15) is 31.7 Å². The predicted octanol–water partition coefficient (Wildman–Crippen LogP) is -2.78. The van der Waals surface area contributed by atoms with E-state index >= 15 is 0 Å². The molecule has 0 aliphatic carbocycles. The summed E-state index contributed by atoms with van der Waals surface area (Å²) in [6, 6.07) is 2.33. The minimum atomic E-state index is -1.72. The average molecular weight is 510 g/mol. The highest BCUT2D eigenvalue weighted by molar-refractivity contribution is 5.95. The van der Waals surface area contributed by atoms with E-state index in [4.69, 9.17) is 11.5 Å². The molecule has 0 saturated carbocycles. The van der Waals surface area contributed by atoms with Crippen molar-refractivity contribution in [1.29, 1.82) is 0 Å². The third-order valence-electron chi connectivity index (χ3n) is 5.04. The number of primary amides is 1. The molecule has 0 spiro atoms. The lowest BCUT2D eigenvalue weighted by Crippen LogP contribution is -2.58. The fourth-order valence-electron chi connectivity index (χ4n) is 3.02. The van der Waals surface area contributed by atoms with Crippen molar-refractivity contribution in [3.8, 4) is 0 Å². The molecular formula is C22H31N5O9. The van der Waals surface area contributed by atoms with E-state index < -0.39 is 72.3 Å². The van der Waals surface area contributed by atoms with Crippen LogP contribution < -0.4 is 27.4 Å². The predicted molar refractivity (Wildman–Crippen MR) is 124 cm³/mol. The van der Waals surface area contributed by atoms with Crippen LogP contribution in [-0.2, 0) is 35.2 Å². The van der Waals surface area contributed by atoms with E-state index in [0.717, 1.165) is 0 Å². The molecule has 0 radical (unpaired) electrons. The minimum Gasteiger partial charge on any atom is -0.481 e. The summed E-state index contributed by atoms with van der Waals surface area (Å²) in [5, 5.41) is 34.8. The molecule has 0 aliphatic heterocycles.